The summed E-state index contributed by atoms with van der Waals surface area (Å²) in [5, 5.41) is 8.58. The molecule has 0 atom stereocenters. The van der Waals surface area contributed by atoms with E-state index in [0.717, 1.165) is 5.56 Å². The number of ether oxygens (including phenoxy) is 1. The first kappa shape index (κ1) is 19.5. The smallest absolute Gasteiger partial charge is 0.257 e. The highest BCUT2D eigenvalue weighted by Crippen LogP contribution is 2.24. The van der Waals surface area contributed by atoms with E-state index in [9.17, 15) is 13.2 Å². The molecule has 2 aromatic carbocycles. The van der Waals surface area contributed by atoms with Crippen LogP contribution in [0.5, 0.6) is 5.75 Å². The number of sulfonamides is 1. The minimum Gasteiger partial charge on any atom is -0.484 e. The number of nitrogens with two attached hydrogens (primary N) is 1. The average molecular weight is 403 g/mol. The highest BCUT2D eigenvalue weighted by molar-refractivity contribution is 7.89. The fourth-order valence-corrected chi connectivity index (χ4v) is 3.03. The van der Waals surface area contributed by atoms with Crippen molar-refractivity contribution in [3.63, 3.8) is 0 Å². The molecule has 0 bridgehead atoms. The molecule has 6 nitrogen and oxygen atoms in total. The van der Waals surface area contributed by atoms with Gasteiger partial charge in [-0.3, -0.25) is 4.79 Å². The van der Waals surface area contributed by atoms with Crippen LogP contribution in [0.25, 0.3) is 0 Å². The van der Waals surface area contributed by atoms with Crippen LogP contribution in [0.15, 0.2) is 47.4 Å². The Morgan fingerprint density at radius 2 is 1.68 bits per heavy atom. The molecule has 134 valence electrons. The van der Waals surface area contributed by atoms with Crippen LogP contribution in [-0.2, 0) is 21.2 Å². The van der Waals surface area contributed by atoms with Crippen LogP contribution in [0.1, 0.15) is 5.56 Å². The summed E-state index contributed by atoms with van der Waals surface area (Å²) in [6.45, 7) is 0.217. The molecule has 0 aliphatic heterocycles. The van der Waals surface area contributed by atoms with Crippen LogP contribution in [0, 0.1) is 0 Å². The van der Waals surface area contributed by atoms with Crippen molar-refractivity contribution in [1.29, 1.82) is 0 Å². The van der Waals surface area contributed by atoms with Crippen molar-refractivity contribution >= 4 is 39.1 Å². The Morgan fingerprint density at radius 1 is 1.08 bits per heavy atom. The first-order chi connectivity index (χ1) is 11.7. The van der Waals surface area contributed by atoms with E-state index in [2.05, 4.69) is 5.32 Å². The van der Waals surface area contributed by atoms with E-state index in [1.165, 1.54) is 12.1 Å². The number of carbonyl (C=O) groups is 1. The van der Waals surface area contributed by atoms with Gasteiger partial charge in [0.05, 0.1) is 4.90 Å². The molecule has 2 aromatic rings. The third kappa shape index (κ3) is 6.55. The number of nitrogens with one attached hydrogen (secondary N) is 1. The Hall–Kier alpha value is -1.80. The van der Waals surface area contributed by atoms with Crippen molar-refractivity contribution < 1.29 is 17.9 Å². The van der Waals surface area contributed by atoms with Gasteiger partial charge in [-0.05, 0) is 42.3 Å². The molecule has 0 aromatic heterocycles. The van der Waals surface area contributed by atoms with Gasteiger partial charge < -0.3 is 10.1 Å². The van der Waals surface area contributed by atoms with Crippen molar-refractivity contribution in [2.45, 2.75) is 11.3 Å². The molecule has 0 spiro atoms. The van der Waals surface area contributed by atoms with Crippen LogP contribution in [0.2, 0.25) is 10.0 Å². The van der Waals surface area contributed by atoms with Crippen LogP contribution in [-0.4, -0.2) is 27.5 Å². The first-order valence-electron chi connectivity index (χ1n) is 7.21. The molecule has 0 fully saturated rings. The van der Waals surface area contributed by atoms with Gasteiger partial charge in [0.15, 0.2) is 6.61 Å². The maximum Gasteiger partial charge on any atom is 0.257 e. The van der Waals surface area contributed by atoms with Gasteiger partial charge in [-0.2, -0.15) is 0 Å². The fourth-order valence-electron chi connectivity index (χ4n) is 2.00. The summed E-state index contributed by atoms with van der Waals surface area (Å²) in [6, 6.07) is 10.8. The lowest BCUT2D eigenvalue weighted by Gasteiger charge is -2.08. The molecule has 0 heterocycles. The number of hydrogen-bond donors (Lipinski definition) is 2. The predicted molar refractivity (Wildman–Crippen MR) is 96.5 cm³/mol. The van der Waals surface area contributed by atoms with E-state index in [4.69, 9.17) is 33.1 Å². The van der Waals surface area contributed by atoms with E-state index in [1.807, 2.05) is 0 Å². The SMILES string of the molecule is NS(=O)(=O)c1ccc(CCNC(=O)COc2cc(Cl)cc(Cl)c2)cc1. The van der Waals surface area contributed by atoms with Gasteiger partial charge in [0.2, 0.25) is 10.0 Å². The maximum atomic E-state index is 11.8. The maximum absolute atomic E-state index is 11.8. The number of halogens is 2. The predicted octanol–water partition coefficient (Wildman–Crippen LogP) is 2.38. The standard InChI is InChI=1S/C16H16Cl2N2O4S/c17-12-7-13(18)9-14(8-12)24-10-16(21)20-6-5-11-1-3-15(4-2-11)25(19,22)23/h1-4,7-9H,5-6,10H2,(H,20,21)(H2,19,22,23). The number of benzene rings is 2. The van der Waals surface area contributed by atoms with Gasteiger partial charge in [0.25, 0.3) is 5.91 Å². The normalized spacial score (nSPS) is 11.2. The molecule has 9 heteroatoms. The zero-order valence-electron chi connectivity index (χ0n) is 13.0. The monoisotopic (exact) mass is 402 g/mol. The summed E-state index contributed by atoms with van der Waals surface area (Å²) in [4.78, 5) is 11.8. The summed E-state index contributed by atoms with van der Waals surface area (Å²) in [5.41, 5.74) is 0.871. The van der Waals surface area contributed by atoms with Gasteiger partial charge in [-0.25, -0.2) is 13.6 Å². The van der Waals surface area contributed by atoms with E-state index >= 15 is 0 Å². The molecule has 0 saturated heterocycles. The fraction of sp³-hybridized carbons (Fsp3) is 0.188. The number of hydrogen-bond acceptors (Lipinski definition) is 4. The first-order valence-corrected chi connectivity index (χ1v) is 9.51. The molecule has 0 unspecified atom stereocenters. The van der Waals surface area contributed by atoms with Gasteiger partial charge in [-0.15, -0.1) is 0 Å². The molecule has 1 amide bonds. The van der Waals surface area contributed by atoms with Crippen molar-refractivity contribution in [1.82, 2.24) is 5.32 Å². The zero-order valence-corrected chi connectivity index (χ0v) is 15.4. The van der Waals surface area contributed by atoms with Crippen LogP contribution < -0.4 is 15.2 Å². The highest BCUT2D eigenvalue weighted by atomic mass is 35.5. The number of rotatable bonds is 7. The minimum absolute atomic E-state index is 0.0499. The lowest BCUT2D eigenvalue weighted by Crippen LogP contribution is -2.30. The second-order valence-corrected chi connectivity index (χ2v) is 7.62. The molecule has 25 heavy (non-hydrogen) atoms. The summed E-state index contributed by atoms with van der Waals surface area (Å²) in [6.07, 6.45) is 0.541. The third-order valence-corrected chi connectivity index (χ3v) is 4.56. The van der Waals surface area contributed by atoms with E-state index in [1.54, 1.807) is 30.3 Å². The van der Waals surface area contributed by atoms with Crippen LogP contribution >= 0.6 is 23.2 Å². The molecular formula is C16H16Cl2N2O4S. The van der Waals surface area contributed by atoms with Gasteiger partial charge in [-0.1, -0.05) is 35.3 Å². The number of amides is 1. The Balaban J connectivity index is 1.76. The molecule has 0 aliphatic carbocycles. The number of primary sulfonamides is 1. The van der Waals surface area contributed by atoms with E-state index < -0.39 is 10.0 Å². The topological polar surface area (TPSA) is 98.5 Å². The van der Waals surface area contributed by atoms with Crippen molar-refractivity contribution in [3.05, 3.63) is 58.1 Å². The summed E-state index contributed by atoms with van der Waals surface area (Å²) in [7, 11) is -3.70. The molecule has 2 rings (SSSR count). The highest BCUT2D eigenvalue weighted by Gasteiger charge is 2.07. The van der Waals surface area contributed by atoms with Crippen LogP contribution in [0.3, 0.4) is 0 Å². The Kier molecular flexibility index (Phi) is 6.66. The summed E-state index contributed by atoms with van der Waals surface area (Å²) < 4.78 is 27.7. The Labute approximate surface area is 155 Å². The van der Waals surface area contributed by atoms with Gasteiger partial charge >= 0.3 is 0 Å². The molecule has 0 aliphatic rings. The molecule has 0 saturated carbocycles. The Bertz CT molecular complexity index is 835. The molecule has 3 N–H and O–H groups in total. The van der Waals surface area contributed by atoms with Crippen LogP contribution in [0.4, 0.5) is 0 Å². The minimum atomic E-state index is -3.70. The van der Waals surface area contributed by atoms with Gasteiger partial charge in [0, 0.05) is 16.6 Å². The second kappa shape index (κ2) is 8.53. The largest absolute Gasteiger partial charge is 0.484 e. The van der Waals surface area contributed by atoms with Crippen molar-refractivity contribution in [2.75, 3.05) is 13.2 Å². The lowest BCUT2D eigenvalue weighted by molar-refractivity contribution is -0.123. The van der Waals surface area contributed by atoms with Crippen molar-refractivity contribution in [2.24, 2.45) is 5.14 Å². The zero-order chi connectivity index (χ0) is 18.4. The quantitative estimate of drug-likeness (QED) is 0.742. The third-order valence-electron chi connectivity index (χ3n) is 3.19. The number of carbonyl (C=O) groups excluding carboxylic acids is 1. The molecular weight excluding hydrogens is 387 g/mol. The second-order valence-electron chi connectivity index (χ2n) is 5.18. The van der Waals surface area contributed by atoms with Crippen molar-refractivity contribution in [3.8, 4) is 5.75 Å². The lowest BCUT2D eigenvalue weighted by atomic mass is 10.1. The summed E-state index contributed by atoms with van der Waals surface area (Å²) >= 11 is 11.7. The molecule has 0 radical (unpaired) electrons. The average Bonchev–Trinajstić information content (AvgIpc) is 2.52. The van der Waals surface area contributed by atoms with E-state index in [0.29, 0.717) is 28.8 Å². The van der Waals surface area contributed by atoms with Gasteiger partial charge in [0.1, 0.15) is 5.75 Å². The Morgan fingerprint density at radius 3 is 2.24 bits per heavy atom. The summed E-state index contributed by atoms with van der Waals surface area (Å²) in [5.74, 6) is 0.114. The van der Waals surface area contributed by atoms with E-state index in [-0.39, 0.29) is 17.4 Å².